The Kier molecular flexibility index (Phi) is 21.8. The summed E-state index contributed by atoms with van der Waals surface area (Å²) in [5.74, 6) is 1.06. The Balaban J connectivity index is 1.49. The fraction of sp³-hybridized carbons (Fsp3) is 0.720. The molecule has 0 N–H and O–H groups in total. The minimum absolute atomic E-state index is 0.0373. The highest BCUT2D eigenvalue weighted by molar-refractivity contribution is 7.12. The fourth-order valence-electron chi connectivity index (χ4n) is 9.17. The number of hydrogen-bond donors (Lipinski definition) is 0. The highest BCUT2D eigenvalue weighted by atomic mass is 32.1. The Morgan fingerprint density at radius 3 is 1.31 bits per heavy atom. The van der Waals surface area contributed by atoms with Crippen molar-refractivity contribution in [3.05, 3.63) is 46.2 Å². The van der Waals surface area contributed by atoms with Crippen molar-refractivity contribution >= 4 is 45.7 Å². The van der Waals surface area contributed by atoms with E-state index < -0.39 is 0 Å². The zero-order valence-corrected chi connectivity index (χ0v) is 36.8. The molecule has 308 valence electrons. The fourth-order valence-corrected chi connectivity index (χ4v) is 10.1. The Labute approximate surface area is 342 Å². The molecule has 0 spiro atoms. The standard InChI is InChI=1S/C50H80N2O2S/c1-5-9-13-17-19-21-23-27-33-41(31-25-15-11-7-3)39-51-44-36-30-29-35-43(44)46(49(51)53)47-48-45(37-38-55-48)52(50(47)54)40-42(32-26-16-12-8-4)34-28-24-22-20-18-14-10-6-2/h29-30,35-38,41-42H,5-28,31-34,39-40H2,1-4H3/b47-46-. The summed E-state index contributed by atoms with van der Waals surface area (Å²) in [6, 6.07) is 10.5. The Morgan fingerprint density at radius 1 is 0.455 bits per heavy atom. The minimum Gasteiger partial charge on any atom is -0.307 e. The summed E-state index contributed by atoms with van der Waals surface area (Å²) in [7, 11) is 0. The van der Waals surface area contributed by atoms with Gasteiger partial charge in [-0.2, -0.15) is 0 Å². The Hall–Kier alpha value is -2.40. The van der Waals surface area contributed by atoms with Crippen molar-refractivity contribution in [2.45, 2.75) is 207 Å². The van der Waals surface area contributed by atoms with Crippen LogP contribution >= 0.6 is 11.3 Å². The molecule has 55 heavy (non-hydrogen) atoms. The number of fused-ring (bicyclic) bond motifs is 2. The lowest BCUT2D eigenvalue weighted by Crippen LogP contribution is -2.34. The van der Waals surface area contributed by atoms with E-state index in [1.807, 2.05) is 6.07 Å². The number of hydrogen-bond acceptors (Lipinski definition) is 3. The van der Waals surface area contributed by atoms with Crippen LogP contribution in [0.3, 0.4) is 0 Å². The number of unbranched alkanes of at least 4 members (excludes halogenated alkanes) is 20. The Bertz CT molecular complexity index is 1410. The maximum Gasteiger partial charge on any atom is 0.260 e. The molecule has 0 saturated carbocycles. The van der Waals surface area contributed by atoms with Gasteiger partial charge in [-0.15, -0.1) is 11.3 Å². The first kappa shape index (κ1) is 45.3. The van der Waals surface area contributed by atoms with Crippen LogP contribution in [0.2, 0.25) is 0 Å². The number of rotatable bonds is 32. The van der Waals surface area contributed by atoms with Gasteiger partial charge >= 0.3 is 0 Å². The second-order valence-electron chi connectivity index (χ2n) is 17.2. The van der Waals surface area contributed by atoms with E-state index in [1.54, 1.807) is 11.3 Å². The first-order valence-electron chi connectivity index (χ1n) is 23.6. The summed E-state index contributed by atoms with van der Waals surface area (Å²) in [5, 5.41) is 2.12. The van der Waals surface area contributed by atoms with Crippen LogP contribution in [0, 0.1) is 11.8 Å². The molecular weight excluding hydrogens is 693 g/mol. The van der Waals surface area contributed by atoms with Crippen LogP contribution in [0.15, 0.2) is 35.7 Å². The van der Waals surface area contributed by atoms with Crippen LogP contribution in [-0.2, 0) is 9.59 Å². The van der Waals surface area contributed by atoms with Gasteiger partial charge in [0.05, 0.1) is 27.4 Å². The molecule has 5 heteroatoms. The number of benzene rings is 1. The summed E-state index contributed by atoms with van der Waals surface area (Å²) >= 11 is 1.64. The number of thiophene rings is 1. The summed E-state index contributed by atoms with van der Waals surface area (Å²) in [5.41, 5.74) is 4.27. The molecule has 0 saturated heterocycles. The monoisotopic (exact) mass is 773 g/mol. The van der Waals surface area contributed by atoms with E-state index in [9.17, 15) is 9.59 Å². The zero-order valence-electron chi connectivity index (χ0n) is 36.0. The molecule has 1 aromatic carbocycles. The van der Waals surface area contributed by atoms with Gasteiger partial charge in [0.2, 0.25) is 0 Å². The first-order valence-corrected chi connectivity index (χ1v) is 24.5. The van der Waals surface area contributed by atoms with Gasteiger partial charge in [0.1, 0.15) is 0 Å². The van der Waals surface area contributed by atoms with E-state index >= 15 is 0 Å². The molecule has 2 aromatic rings. The second-order valence-corrected chi connectivity index (χ2v) is 18.1. The van der Waals surface area contributed by atoms with Crippen molar-refractivity contribution in [3.8, 4) is 0 Å². The molecule has 2 unspecified atom stereocenters. The zero-order chi connectivity index (χ0) is 39.1. The highest BCUT2D eigenvalue weighted by Gasteiger charge is 2.43. The number of carbonyl (C=O) groups excluding carboxylic acids is 2. The van der Waals surface area contributed by atoms with Crippen LogP contribution in [0.1, 0.15) is 218 Å². The molecule has 1 aromatic heterocycles. The van der Waals surface area contributed by atoms with E-state index in [-0.39, 0.29) is 11.8 Å². The number of carbonyl (C=O) groups is 2. The maximum atomic E-state index is 14.8. The Morgan fingerprint density at radius 2 is 0.836 bits per heavy atom. The van der Waals surface area contributed by atoms with Crippen molar-refractivity contribution in [2.24, 2.45) is 11.8 Å². The number of amides is 2. The lowest BCUT2D eigenvalue weighted by Gasteiger charge is -2.25. The smallest absolute Gasteiger partial charge is 0.260 e. The van der Waals surface area contributed by atoms with Crippen LogP contribution in [-0.4, -0.2) is 24.9 Å². The van der Waals surface area contributed by atoms with Crippen molar-refractivity contribution in [3.63, 3.8) is 0 Å². The van der Waals surface area contributed by atoms with Gasteiger partial charge in [-0.05, 0) is 55.0 Å². The van der Waals surface area contributed by atoms with Gasteiger partial charge in [-0.1, -0.05) is 200 Å². The van der Waals surface area contributed by atoms with Gasteiger partial charge in [0.25, 0.3) is 11.8 Å². The lowest BCUT2D eigenvalue weighted by molar-refractivity contribution is -0.114. The molecule has 2 amide bonds. The number of nitrogens with zero attached hydrogens (tertiary/aromatic N) is 2. The third-order valence-corrected chi connectivity index (χ3v) is 13.5. The van der Waals surface area contributed by atoms with Gasteiger partial charge in [0.15, 0.2) is 0 Å². The molecular formula is C50H80N2O2S. The largest absolute Gasteiger partial charge is 0.307 e. The average Bonchev–Trinajstić information content (AvgIpc) is 3.85. The SMILES string of the molecule is CCCCCCCCCCC(CCCCCC)CN1C(=O)/C(=C2\C(=O)N(CC(CCCCCC)CCCCCCCCCC)c3ccsc32)c2ccccc21. The first-order chi connectivity index (χ1) is 27.0. The van der Waals surface area contributed by atoms with Crippen molar-refractivity contribution in [1.82, 2.24) is 0 Å². The van der Waals surface area contributed by atoms with Crippen LogP contribution in [0.5, 0.6) is 0 Å². The van der Waals surface area contributed by atoms with E-state index in [2.05, 4.69) is 67.1 Å². The van der Waals surface area contributed by atoms with E-state index in [1.165, 1.54) is 180 Å². The maximum absolute atomic E-state index is 14.8. The van der Waals surface area contributed by atoms with Crippen molar-refractivity contribution < 1.29 is 9.59 Å². The molecule has 0 bridgehead atoms. The highest BCUT2D eigenvalue weighted by Crippen LogP contribution is 2.49. The molecule has 2 aliphatic heterocycles. The number of para-hydroxylation sites is 1. The number of anilines is 2. The van der Waals surface area contributed by atoms with Gasteiger partial charge in [-0.3, -0.25) is 9.59 Å². The molecule has 4 nitrogen and oxygen atoms in total. The molecule has 0 radical (unpaired) electrons. The van der Waals surface area contributed by atoms with E-state index in [0.717, 1.165) is 34.9 Å². The summed E-state index contributed by atoms with van der Waals surface area (Å²) in [4.78, 5) is 34.6. The average molecular weight is 773 g/mol. The van der Waals surface area contributed by atoms with E-state index in [4.69, 9.17) is 0 Å². The van der Waals surface area contributed by atoms with Gasteiger partial charge < -0.3 is 9.80 Å². The van der Waals surface area contributed by atoms with Crippen molar-refractivity contribution in [2.75, 3.05) is 22.9 Å². The van der Waals surface area contributed by atoms with Crippen molar-refractivity contribution in [1.29, 1.82) is 0 Å². The van der Waals surface area contributed by atoms with Crippen LogP contribution in [0.25, 0.3) is 11.1 Å². The molecule has 0 aliphatic carbocycles. The van der Waals surface area contributed by atoms with Gasteiger partial charge in [0, 0.05) is 18.7 Å². The molecule has 3 heterocycles. The van der Waals surface area contributed by atoms with E-state index in [0.29, 0.717) is 23.0 Å². The molecule has 2 atom stereocenters. The molecule has 0 fully saturated rings. The quantitative estimate of drug-likeness (QED) is 0.0549. The summed E-state index contributed by atoms with van der Waals surface area (Å²) < 4.78 is 0. The normalized spacial score (nSPS) is 16.4. The third-order valence-electron chi connectivity index (χ3n) is 12.5. The van der Waals surface area contributed by atoms with Crippen LogP contribution in [0.4, 0.5) is 11.4 Å². The molecule has 2 aliphatic rings. The minimum atomic E-state index is 0.0373. The predicted octanol–water partition coefficient (Wildman–Crippen LogP) is 15.6. The lowest BCUT2D eigenvalue weighted by atomic mass is 9.93. The third kappa shape index (κ3) is 14.2. The summed E-state index contributed by atoms with van der Waals surface area (Å²) in [6.07, 6.45) is 36.0. The predicted molar refractivity (Wildman–Crippen MR) is 241 cm³/mol. The summed E-state index contributed by atoms with van der Waals surface area (Å²) in [6.45, 7) is 10.6. The topological polar surface area (TPSA) is 40.6 Å². The van der Waals surface area contributed by atoms with Gasteiger partial charge in [-0.25, -0.2) is 0 Å². The second kappa shape index (κ2) is 26.5. The molecule has 4 rings (SSSR count). The van der Waals surface area contributed by atoms with Crippen LogP contribution < -0.4 is 9.80 Å².